The Bertz CT molecular complexity index is 2860. The molecule has 0 radical (unpaired) electrons. The zero-order valence-electron chi connectivity index (χ0n) is 27.4. The molecular formula is C41H26N10S. The second-order valence-corrected chi connectivity index (χ2v) is 14.9. The van der Waals surface area contributed by atoms with Gasteiger partial charge in [-0.2, -0.15) is 0 Å². The number of aromatic nitrogens is 10. The van der Waals surface area contributed by atoms with Crippen LogP contribution in [0.3, 0.4) is 0 Å². The molecule has 0 aliphatic carbocycles. The van der Waals surface area contributed by atoms with Gasteiger partial charge in [-0.1, -0.05) is 64.6 Å². The maximum atomic E-state index is 5.32. The molecule has 0 spiro atoms. The predicted molar refractivity (Wildman–Crippen MR) is 203 cm³/mol. The van der Waals surface area contributed by atoms with E-state index in [2.05, 4.69) is 34.2 Å². The van der Waals surface area contributed by atoms with E-state index in [0.29, 0.717) is 28.1 Å². The topological polar surface area (TPSA) is 132 Å². The number of fused-ring (bicyclic) bond motifs is 3. The lowest BCUT2D eigenvalue weighted by Crippen LogP contribution is -2.11. The zero-order valence-corrected chi connectivity index (χ0v) is 28.2. The number of H-pyrrole nitrogens is 1. The summed E-state index contributed by atoms with van der Waals surface area (Å²) in [6.45, 7) is 0. The van der Waals surface area contributed by atoms with Gasteiger partial charge in [-0.05, 0) is 48.5 Å². The van der Waals surface area contributed by atoms with Gasteiger partial charge >= 0.3 is 0 Å². The number of hydrogen-bond acceptors (Lipinski definition) is 9. The number of rotatable bonds is 6. The molecule has 7 heterocycles. The van der Waals surface area contributed by atoms with Gasteiger partial charge in [0.2, 0.25) is 0 Å². The van der Waals surface area contributed by atoms with Crippen molar-refractivity contribution in [3.05, 3.63) is 176 Å². The molecular weight excluding hydrogens is 665 g/mol. The van der Waals surface area contributed by atoms with Crippen molar-refractivity contribution in [1.29, 1.82) is 0 Å². The smallest absolute Gasteiger partial charge is 0.183 e. The van der Waals surface area contributed by atoms with Gasteiger partial charge in [0, 0.05) is 68.9 Å². The minimum Gasteiger partial charge on any atom is -0.357 e. The molecule has 3 aromatic carbocycles. The molecule has 1 atom stereocenters. The number of allylic oxidation sites excluding steroid dienone is 2. The highest BCUT2D eigenvalue weighted by atomic mass is 32.3. The lowest BCUT2D eigenvalue weighted by Gasteiger charge is -2.38. The Kier molecular flexibility index (Phi) is 6.96. The number of hydrogen-bond donors (Lipinski definition) is 1. The first-order chi connectivity index (χ1) is 25.8. The van der Waals surface area contributed by atoms with E-state index in [4.69, 9.17) is 39.9 Å². The van der Waals surface area contributed by atoms with Gasteiger partial charge in [0.1, 0.15) is 0 Å². The summed E-state index contributed by atoms with van der Waals surface area (Å²) in [6, 6.07) is 34.0. The second kappa shape index (κ2) is 12.1. The Morgan fingerprint density at radius 1 is 0.442 bits per heavy atom. The molecule has 0 saturated heterocycles. The first kappa shape index (κ1) is 29.9. The molecule has 6 aromatic heterocycles. The van der Waals surface area contributed by atoms with Crippen molar-refractivity contribution in [2.45, 2.75) is 10.2 Å². The van der Waals surface area contributed by atoms with Gasteiger partial charge in [-0.25, -0.2) is 29.9 Å². The van der Waals surface area contributed by atoms with E-state index in [1.54, 1.807) is 31.0 Å². The predicted octanol–water partition coefficient (Wildman–Crippen LogP) is 8.40. The monoisotopic (exact) mass is 690 g/mol. The number of aromatic amines is 1. The van der Waals surface area contributed by atoms with E-state index in [1.807, 2.05) is 97.5 Å². The summed E-state index contributed by atoms with van der Waals surface area (Å²) in [7, 11) is -2.68. The quantitative estimate of drug-likeness (QED) is 0.171. The lowest BCUT2D eigenvalue weighted by molar-refractivity contribution is 0.952. The van der Waals surface area contributed by atoms with Crippen molar-refractivity contribution in [3.63, 3.8) is 0 Å². The molecule has 1 unspecified atom stereocenters. The van der Waals surface area contributed by atoms with Crippen LogP contribution in [-0.2, 0) is 0 Å². The molecule has 1 aliphatic heterocycles. The average Bonchev–Trinajstić information content (AvgIpc) is 3.87. The van der Waals surface area contributed by atoms with Crippen LogP contribution in [0.2, 0.25) is 0 Å². The average molecular weight is 691 g/mol. The molecule has 0 bridgehead atoms. The molecule has 10 nitrogen and oxygen atoms in total. The van der Waals surface area contributed by atoms with Gasteiger partial charge < -0.3 is 4.98 Å². The van der Waals surface area contributed by atoms with Crippen LogP contribution in [0.25, 0.3) is 53.8 Å². The summed E-state index contributed by atoms with van der Waals surface area (Å²) in [5.74, 6) is 0.506. The zero-order chi connectivity index (χ0) is 34.5. The maximum absolute atomic E-state index is 5.32. The summed E-state index contributed by atoms with van der Waals surface area (Å²) in [6.07, 6.45) is 14.3. The number of pyridine rings is 1. The summed E-state index contributed by atoms with van der Waals surface area (Å²) in [5, 5.41) is 3.40. The Morgan fingerprint density at radius 3 is 1.96 bits per heavy atom. The Balaban J connectivity index is 1.46. The minimum absolute atomic E-state index is 0.506. The SMILES string of the molecule is c1cnc(S2(c3ccc[nH]3)C(c3cnccn3)=C(c3ccc4ccccc4n3)C(c3ncc4ccccc4n3)=C2c2cnc3ccccc3n2)nc1. The molecule has 0 saturated carbocycles. The third-order valence-electron chi connectivity index (χ3n) is 9.08. The molecule has 0 amide bonds. The van der Waals surface area contributed by atoms with E-state index in [-0.39, 0.29) is 0 Å². The van der Waals surface area contributed by atoms with E-state index >= 15 is 0 Å². The Morgan fingerprint density at radius 2 is 1.17 bits per heavy atom. The first-order valence-electron chi connectivity index (χ1n) is 16.6. The lowest BCUT2D eigenvalue weighted by atomic mass is 9.97. The minimum atomic E-state index is -2.68. The van der Waals surface area contributed by atoms with Crippen LogP contribution in [-0.4, -0.2) is 49.8 Å². The molecule has 52 heavy (non-hydrogen) atoms. The summed E-state index contributed by atoms with van der Waals surface area (Å²) < 4.78 is 0. The molecule has 1 N–H and O–H groups in total. The fourth-order valence-corrected chi connectivity index (χ4v) is 10.9. The molecule has 11 heteroatoms. The van der Waals surface area contributed by atoms with Gasteiger partial charge in [-0.3, -0.25) is 15.0 Å². The van der Waals surface area contributed by atoms with Crippen LogP contribution in [0.1, 0.15) is 22.9 Å². The second-order valence-electron chi connectivity index (χ2n) is 12.1. The summed E-state index contributed by atoms with van der Waals surface area (Å²) >= 11 is 0. The van der Waals surface area contributed by atoms with Crippen LogP contribution < -0.4 is 0 Å². The largest absolute Gasteiger partial charge is 0.357 e. The van der Waals surface area contributed by atoms with Gasteiger partial charge in [0.05, 0.1) is 56.6 Å². The number of benzene rings is 3. The number of para-hydroxylation sites is 4. The molecule has 1 aliphatic rings. The van der Waals surface area contributed by atoms with Crippen molar-refractivity contribution < 1.29 is 0 Å². The Hall–Kier alpha value is -6.98. The first-order valence-corrected chi connectivity index (χ1v) is 18.2. The summed E-state index contributed by atoms with van der Waals surface area (Å²) in [5.41, 5.74) is 6.72. The van der Waals surface area contributed by atoms with Crippen molar-refractivity contribution in [2.75, 3.05) is 0 Å². The van der Waals surface area contributed by atoms with E-state index in [9.17, 15) is 0 Å². The molecule has 9 aromatic rings. The van der Waals surface area contributed by atoms with Crippen LogP contribution >= 0.6 is 10.0 Å². The fourth-order valence-electron chi connectivity index (χ4n) is 6.89. The standard InChI is InChI=1S/C41H26N10S/c1-3-11-28-26(9-1)16-17-32(49-28)36-37(40-48-23-27-10-2-4-12-29(27)51-40)39(34-25-47-30-13-5-6-14-31(30)50-34)52(35-15-7-18-44-35,41-45-19-8-20-46-41)38(36)33-24-42-21-22-43-33/h1-25,44H. The van der Waals surface area contributed by atoms with Crippen LogP contribution in [0, 0.1) is 0 Å². The van der Waals surface area contributed by atoms with Crippen molar-refractivity contribution >= 4 is 63.8 Å². The van der Waals surface area contributed by atoms with Crippen molar-refractivity contribution in [1.82, 2.24) is 49.8 Å². The normalized spacial score (nSPS) is 17.2. The van der Waals surface area contributed by atoms with E-state index in [1.165, 1.54) is 0 Å². The fraction of sp³-hybridized carbons (Fsp3) is 0. The molecule has 246 valence electrons. The highest BCUT2D eigenvalue weighted by molar-refractivity contribution is 8.48. The maximum Gasteiger partial charge on any atom is 0.183 e. The highest BCUT2D eigenvalue weighted by Gasteiger charge is 2.52. The molecule has 0 fully saturated rings. The number of nitrogens with one attached hydrogen (secondary N) is 1. The summed E-state index contributed by atoms with van der Waals surface area (Å²) in [4.78, 5) is 50.8. The van der Waals surface area contributed by atoms with Crippen LogP contribution in [0.15, 0.2) is 163 Å². The van der Waals surface area contributed by atoms with Gasteiger partial charge in [0.15, 0.2) is 11.0 Å². The van der Waals surface area contributed by atoms with E-state index < -0.39 is 10.0 Å². The van der Waals surface area contributed by atoms with Crippen LogP contribution in [0.4, 0.5) is 0 Å². The number of nitrogens with zero attached hydrogens (tertiary/aromatic N) is 9. The third-order valence-corrected chi connectivity index (χ3v) is 12.8. The third kappa shape index (κ3) is 4.63. The van der Waals surface area contributed by atoms with Crippen molar-refractivity contribution in [2.24, 2.45) is 0 Å². The highest BCUT2D eigenvalue weighted by Crippen LogP contribution is 2.83. The van der Waals surface area contributed by atoms with Gasteiger partial charge in [0.25, 0.3) is 0 Å². The van der Waals surface area contributed by atoms with Gasteiger partial charge in [-0.15, -0.1) is 0 Å². The van der Waals surface area contributed by atoms with Crippen LogP contribution in [0.5, 0.6) is 0 Å². The van der Waals surface area contributed by atoms with Crippen molar-refractivity contribution in [3.8, 4) is 0 Å². The Labute approximate surface area is 298 Å². The molecule has 10 rings (SSSR count). The van der Waals surface area contributed by atoms with E-state index in [0.717, 1.165) is 58.8 Å².